The van der Waals surface area contributed by atoms with Crippen molar-refractivity contribution in [2.75, 3.05) is 0 Å². The normalized spacial score (nSPS) is 11.5. The lowest BCUT2D eigenvalue weighted by atomic mass is 9.99. The van der Waals surface area contributed by atoms with Gasteiger partial charge in [0.05, 0.1) is 12.0 Å². The Morgan fingerprint density at radius 2 is 1.68 bits per heavy atom. The molecule has 0 aliphatic heterocycles. The van der Waals surface area contributed by atoms with Gasteiger partial charge in [-0.3, -0.25) is 4.79 Å². The number of hydrogen-bond acceptors (Lipinski definition) is 1. The molecule has 0 bridgehead atoms. The lowest BCUT2D eigenvalue weighted by molar-refractivity contribution is -0.138. The number of rotatable bonds is 3. The number of hydrogen-bond donors (Lipinski definition) is 1. The van der Waals surface area contributed by atoms with Crippen LogP contribution in [0.3, 0.4) is 0 Å². The van der Waals surface area contributed by atoms with Crippen molar-refractivity contribution >= 4 is 5.97 Å². The quantitative estimate of drug-likeness (QED) is 0.858. The summed E-state index contributed by atoms with van der Waals surface area (Å²) in [5.41, 5.74) is -1.38. The van der Waals surface area contributed by atoms with Crippen molar-refractivity contribution < 1.29 is 31.9 Å². The molecule has 0 spiro atoms. The van der Waals surface area contributed by atoms with E-state index in [2.05, 4.69) is 0 Å². The number of carbonyl (C=O) groups is 1. The maximum atomic E-state index is 13.9. The average molecular weight is 316 g/mol. The zero-order valence-corrected chi connectivity index (χ0v) is 10.9. The maximum absolute atomic E-state index is 13.9. The largest absolute Gasteiger partial charge is 0.481 e. The first-order valence-electron chi connectivity index (χ1n) is 6.06. The summed E-state index contributed by atoms with van der Waals surface area (Å²) in [6.45, 7) is 0. The molecular formula is C15H9F5O2. The molecule has 0 aliphatic carbocycles. The van der Waals surface area contributed by atoms with Gasteiger partial charge in [0.25, 0.3) is 0 Å². The highest BCUT2D eigenvalue weighted by Crippen LogP contribution is 2.33. The molecule has 22 heavy (non-hydrogen) atoms. The smallest absolute Gasteiger partial charge is 0.416 e. The van der Waals surface area contributed by atoms with Crippen LogP contribution in [0.2, 0.25) is 0 Å². The number of benzene rings is 2. The molecule has 7 heteroatoms. The van der Waals surface area contributed by atoms with E-state index in [9.17, 15) is 26.7 Å². The minimum Gasteiger partial charge on any atom is -0.481 e. The lowest BCUT2D eigenvalue weighted by Gasteiger charge is -2.10. The molecule has 2 nitrogen and oxygen atoms in total. The molecule has 0 heterocycles. The van der Waals surface area contributed by atoms with Crippen molar-refractivity contribution in [2.45, 2.75) is 12.6 Å². The third kappa shape index (κ3) is 3.41. The monoisotopic (exact) mass is 316 g/mol. The van der Waals surface area contributed by atoms with Crippen LogP contribution in [-0.4, -0.2) is 11.1 Å². The Balaban J connectivity index is 2.46. The van der Waals surface area contributed by atoms with Gasteiger partial charge in [0.2, 0.25) is 0 Å². The lowest BCUT2D eigenvalue weighted by Crippen LogP contribution is -2.06. The van der Waals surface area contributed by atoms with Gasteiger partial charge in [0.15, 0.2) is 0 Å². The van der Waals surface area contributed by atoms with E-state index < -0.39 is 35.8 Å². The van der Waals surface area contributed by atoms with E-state index in [1.807, 2.05) is 0 Å². The van der Waals surface area contributed by atoms with Crippen molar-refractivity contribution in [2.24, 2.45) is 0 Å². The van der Waals surface area contributed by atoms with Gasteiger partial charge in [-0.05, 0) is 35.4 Å². The van der Waals surface area contributed by atoms with Crippen LogP contribution in [0, 0.1) is 11.6 Å². The maximum Gasteiger partial charge on any atom is 0.416 e. The van der Waals surface area contributed by atoms with Gasteiger partial charge in [0.1, 0.15) is 11.6 Å². The van der Waals surface area contributed by atoms with Crippen LogP contribution >= 0.6 is 0 Å². The fourth-order valence-electron chi connectivity index (χ4n) is 1.97. The number of carboxylic acids is 1. The van der Waals surface area contributed by atoms with Gasteiger partial charge in [-0.2, -0.15) is 13.2 Å². The first-order chi connectivity index (χ1) is 10.2. The summed E-state index contributed by atoms with van der Waals surface area (Å²) >= 11 is 0. The Morgan fingerprint density at radius 1 is 1.00 bits per heavy atom. The van der Waals surface area contributed by atoms with E-state index in [0.717, 1.165) is 18.2 Å². The Labute approximate surface area is 121 Å². The van der Waals surface area contributed by atoms with E-state index in [1.165, 1.54) is 6.07 Å². The van der Waals surface area contributed by atoms with E-state index in [1.54, 1.807) is 0 Å². The Bertz CT molecular complexity index is 722. The molecule has 0 radical (unpaired) electrons. The minimum absolute atomic E-state index is 0.101. The van der Waals surface area contributed by atoms with E-state index in [4.69, 9.17) is 5.11 Å². The summed E-state index contributed by atoms with van der Waals surface area (Å²) in [6.07, 6.45) is -5.28. The van der Waals surface area contributed by atoms with Crippen molar-refractivity contribution in [1.82, 2.24) is 0 Å². The van der Waals surface area contributed by atoms with Crippen LogP contribution in [0.15, 0.2) is 36.4 Å². The molecule has 0 aromatic heterocycles. The van der Waals surface area contributed by atoms with Gasteiger partial charge in [-0.1, -0.05) is 12.1 Å². The third-order valence-corrected chi connectivity index (χ3v) is 2.99. The van der Waals surface area contributed by atoms with Crippen LogP contribution in [0.1, 0.15) is 11.1 Å². The topological polar surface area (TPSA) is 37.3 Å². The zero-order valence-electron chi connectivity index (χ0n) is 10.9. The SMILES string of the molecule is O=C(O)Cc1cc(-c2ccc(C(F)(F)F)cc2F)ccc1F. The molecule has 2 aromatic rings. The van der Waals surface area contributed by atoms with Crippen LogP contribution in [-0.2, 0) is 17.4 Å². The summed E-state index contributed by atoms with van der Waals surface area (Å²) in [7, 11) is 0. The molecule has 2 aromatic carbocycles. The van der Waals surface area contributed by atoms with Crippen LogP contribution < -0.4 is 0 Å². The van der Waals surface area contributed by atoms with Gasteiger partial charge in [0, 0.05) is 5.56 Å². The van der Waals surface area contributed by atoms with Crippen LogP contribution in [0.5, 0.6) is 0 Å². The summed E-state index contributed by atoms with van der Waals surface area (Å²) in [5.74, 6) is -3.18. The minimum atomic E-state index is -4.67. The number of carboxylic acid groups (broad SMARTS) is 1. The standard InChI is InChI=1S/C15H9F5O2/c16-12-4-1-8(5-9(12)6-14(21)22)11-3-2-10(7-13(11)17)15(18,19)20/h1-5,7H,6H2,(H,21,22). The molecule has 2 rings (SSSR count). The average Bonchev–Trinajstić information content (AvgIpc) is 2.40. The summed E-state index contributed by atoms with van der Waals surface area (Å²) in [5, 5.41) is 8.67. The van der Waals surface area contributed by atoms with E-state index in [0.29, 0.717) is 12.1 Å². The third-order valence-electron chi connectivity index (χ3n) is 2.99. The molecule has 1 N–H and O–H groups in total. The highest BCUT2D eigenvalue weighted by Gasteiger charge is 2.31. The summed E-state index contributed by atoms with van der Waals surface area (Å²) in [4.78, 5) is 10.6. The Kier molecular flexibility index (Phi) is 4.16. The predicted molar refractivity (Wildman–Crippen MR) is 68.1 cm³/mol. The molecule has 116 valence electrons. The first kappa shape index (κ1) is 15.9. The second kappa shape index (κ2) is 5.75. The second-order valence-corrected chi connectivity index (χ2v) is 4.57. The molecule has 0 fully saturated rings. The molecule has 0 atom stereocenters. The molecule has 0 saturated carbocycles. The number of alkyl halides is 3. The second-order valence-electron chi connectivity index (χ2n) is 4.57. The van der Waals surface area contributed by atoms with Crippen LogP contribution in [0.25, 0.3) is 11.1 Å². The molecule has 0 saturated heterocycles. The fourth-order valence-corrected chi connectivity index (χ4v) is 1.97. The Morgan fingerprint density at radius 3 is 2.23 bits per heavy atom. The van der Waals surface area contributed by atoms with Gasteiger partial charge >= 0.3 is 12.1 Å². The first-order valence-corrected chi connectivity index (χ1v) is 6.06. The van der Waals surface area contributed by atoms with Crippen LogP contribution in [0.4, 0.5) is 22.0 Å². The number of aliphatic carboxylic acids is 1. The highest BCUT2D eigenvalue weighted by atomic mass is 19.4. The van der Waals surface area contributed by atoms with Gasteiger partial charge in [-0.25, -0.2) is 8.78 Å². The zero-order chi connectivity index (χ0) is 16.5. The fraction of sp³-hybridized carbons (Fsp3) is 0.133. The summed E-state index contributed by atoms with van der Waals surface area (Å²) < 4.78 is 64.8. The highest BCUT2D eigenvalue weighted by molar-refractivity contribution is 5.72. The molecule has 0 amide bonds. The predicted octanol–water partition coefficient (Wildman–Crippen LogP) is 4.28. The molecule has 0 aliphatic rings. The molecular weight excluding hydrogens is 307 g/mol. The van der Waals surface area contributed by atoms with Crippen molar-refractivity contribution in [3.63, 3.8) is 0 Å². The van der Waals surface area contributed by atoms with Gasteiger partial charge in [-0.15, -0.1) is 0 Å². The summed E-state index contributed by atoms with van der Waals surface area (Å²) in [6, 6.07) is 5.20. The Hall–Kier alpha value is -2.44. The number of halogens is 5. The van der Waals surface area contributed by atoms with E-state index in [-0.39, 0.29) is 16.7 Å². The van der Waals surface area contributed by atoms with Crippen molar-refractivity contribution in [1.29, 1.82) is 0 Å². The molecule has 0 unspecified atom stereocenters. The van der Waals surface area contributed by atoms with Gasteiger partial charge < -0.3 is 5.11 Å². The van der Waals surface area contributed by atoms with Crippen molar-refractivity contribution in [3.8, 4) is 11.1 Å². The van der Waals surface area contributed by atoms with Crippen molar-refractivity contribution in [3.05, 3.63) is 59.2 Å². The van der Waals surface area contributed by atoms with E-state index >= 15 is 0 Å².